The Morgan fingerprint density at radius 2 is 1.85 bits per heavy atom. The molecule has 20 heavy (non-hydrogen) atoms. The molecule has 0 radical (unpaired) electrons. The van der Waals surface area contributed by atoms with Gasteiger partial charge in [-0.05, 0) is 23.3 Å². The van der Waals surface area contributed by atoms with Crippen LogP contribution in [0.2, 0.25) is 0 Å². The maximum atomic E-state index is 9.96. The van der Waals surface area contributed by atoms with Gasteiger partial charge in [0.15, 0.2) is 0 Å². The number of aromatic hydroxyl groups is 1. The molecule has 2 aromatic rings. The Kier molecular flexibility index (Phi) is 5.35. The summed E-state index contributed by atoms with van der Waals surface area (Å²) in [5.41, 5.74) is 1.87. The predicted octanol–water partition coefficient (Wildman–Crippen LogP) is 2.73. The lowest BCUT2D eigenvalue weighted by Crippen LogP contribution is -2.21. The molecule has 0 amide bonds. The smallest absolute Gasteiger partial charge is 0.115 e. The Morgan fingerprint density at radius 3 is 2.60 bits per heavy atom. The Balaban J connectivity index is 1.74. The second-order valence-electron chi connectivity index (χ2n) is 4.58. The van der Waals surface area contributed by atoms with Crippen LogP contribution >= 0.6 is 0 Å². The molecule has 0 saturated heterocycles. The number of hydrogen-bond donors (Lipinski definition) is 3. The molecule has 1 atom stereocenters. The van der Waals surface area contributed by atoms with Crippen LogP contribution in [-0.4, -0.2) is 23.3 Å². The summed E-state index contributed by atoms with van der Waals surface area (Å²) in [6.07, 6.45) is 3.44. The van der Waals surface area contributed by atoms with Crippen LogP contribution in [0.3, 0.4) is 0 Å². The molecule has 0 aliphatic carbocycles. The van der Waals surface area contributed by atoms with Crippen molar-refractivity contribution < 1.29 is 10.2 Å². The van der Waals surface area contributed by atoms with Gasteiger partial charge in [-0.25, -0.2) is 0 Å². The van der Waals surface area contributed by atoms with Crippen molar-refractivity contribution in [2.24, 2.45) is 0 Å². The molecule has 0 spiro atoms. The number of aliphatic hydroxyl groups excluding tert-OH is 1. The number of aliphatic hydroxyl groups is 1. The number of benzene rings is 2. The molecule has 3 heteroatoms. The lowest BCUT2D eigenvalue weighted by atomic mass is 10.1. The lowest BCUT2D eigenvalue weighted by Gasteiger charge is -2.11. The third-order valence-corrected chi connectivity index (χ3v) is 2.96. The van der Waals surface area contributed by atoms with Gasteiger partial charge in [-0.2, -0.15) is 0 Å². The minimum atomic E-state index is -0.618. The first-order valence-corrected chi connectivity index (χ1v) is 6.65. The SMILES string of the molecule is Oc1cccc([C@H](O)CNC/C=C/c2ccccc2)c1. The van der Waals surface area contributed by atoms with E-state index in [1.54, 1.807) is 24.3 Å². The first kappa shape index (κ1) is 14.3. The Labute approximate surface area is 119 Å². The molecule has 2 rings (SSSR count). The van der Waals surface area contributed by atoms with Crippen molar-refractivity contribution in [3.8, 4) is 5.75 Å². The van der Waals surface area contributed by atoms with Crippen molar-refractivity contribution in [1.82, 2.24) is 5.32 Å². The molecule has 0 heterocycles. The van der Waals surface area contributed by atoms with Gasteiger partial charge in [0, 0.05) is 13.1 Å². The Morgan fingerprint density at radius 1 is 1.05 bits per heavy atom. The molecular weight excluding hydrogens is 250 g/mol. The van der Waals surface area contributed by atoms with E-state index in [0.717, 1.165) is 5.56 Å². The molecule has 0 unspecified atom stereocenters. The number of hydrogen-bond acceptors (Lipinski definition) is 3. The molecule has 2 aromatic carbocycles. The zero-order valence-electron chi connectivity index (χ0n) is 11.2. The van der Waals surface area contributed by atoms with Crippen LogP contribution in [0.5, 0.6) is 5.75 Å². The number of phenolic OH excluding ortho intramolecular Hbond substituents is 1. The van der Waals surface area contributed by atoms with E-state index in [9.17, 15) is 10.2 Å². The van der Waals surface area contributed by atoms with E-state index >= 15 is 0 Å². The lowest BCUT2D eigenvalue weighted by molar-refractivity contribution is 0.176. The molecule has 0 aliphatic heterocycles. The molecule has 0 aliphatic rings. The van der Waals surface area contributed by atoms with Crippen LogP contribution in [0, 0.1) is 0 Å². The average Bonchev–Trinajstić information content (AvgIpc) is 2.48. The van der Waals surface area contributed by atoms with Gasteiger partial charge in [0.05, 0.1) is 6.10 Å². The van der Waals surface area contributed by atoms with Gasteiger partial charge >= 0.3 is 0 Å². The van der Waals surface area contributed by atoms with Gasteiger partial charge in [0.1, 0.15) is 5.75 Å². The summed E-state index contributed by atoms with van der Waals surface area (Å²) in [5.74, 6) is 0.172. The fourth-order valence-electron chi connectivity index (χ4n) is 1.91. The molecule has 0 fully saturated rings. The second kappa shape index (κ2) is 7.48. The fraction of sp³-hybridized carbons (Fsp3) is 0.176. The minimum Gasteiger partial charge on any atom is -0.508 e. The van der Waals surface area contributed by atoms with E-state index in [-0.39, 0.29) is 5.75 Å². The van der Waals surface area contributed by atoms with Crippen molar-refractivity contribution >= 4 is 6.08 Å². The summed E-state index contributed by atoms with van der Waals surface area (Å²) >= 11 is 0. The quantitative estimate of drug-likeness (QED) is 0.707. The van der Waals surface area contributed by atoms with E-state index in [1.807, 2.05) is 42.5 Å². The highest BCUT2D eigenvalue weighted by molar-refractivity contribution is 5.48. The summed E-state index contributed by atoms with van der Waals surface area (Å²) in [6, 6.07) is 16.8. The van der Waals surface area contributed by atoms with Crippen molar-refractivity contribution in [3.63, 3.8) is 0 Å². The van der Waals surface area contributed by atoms with Crippen molar-refractivity contribution in [2.45, 2.75) is 6.10 Å². The Hall–Kier alpha value is -2.10. The van der Waals surface area contributed by atoms with Crippen molar-refractivity contribution in [2.75, 3.05) is 13.1 Å². The molecular formula is C17H19NO2. The van der Waals surface area contributed by atoms with Gasteiger partial charge in [-0.3, -0.25) is 0 Å². The summed E-state index contributed by atoms with van der Waals surface area (Å²) in [5, 5.41) is 22.5. The van der Waals surface area contributed by atoms with Gasteiger partial charge in [0.25, 0.3) is 0 Å². The fourth-order valence-corrected chi connectivity index (χ4v) is 1.91. The van der Waals surface area contributed by atoms with Crippen LogP contribution in [0.4, 0.5) is 0 Å². The third-order valence-electron chi connectivity index (χ3n) is 2.96. The average molecular weight is 269 g/mol. The van der Waals surface area contributed by atoms with Crippen LogP contribution < -0.4 is 5.32 Å². The van der Waals surface area contributed by atoms with Crippen molar-refractivity contribution in [3.05, 3.63) is 71.8 Å². The predicted molar refractivity (Wildman–Crippen MR) is 81.4 cm³/mol. The summed E-state index contributed by atoms with van der Waals surface area (Å²) in [4.78, 5) is 0. The maximum Gasteiger partial charge on any atom is 0.115 e. The topological polar surface area (TPSA) is 52.5 Å². The van der Waals surface area contributed by atoms with E-state index in [4.69, 9.17) is 0 Å². The highest BCUT2D eigenvalue weighted by Gasteiger charge is 2.06. The van der Waals surface area contributed by atoms with Gasteiger partial charge in [-0.1, -0.05) is 54.6 Å². The van der Waals surface area contributed by atoms with Crippen LogP contribution in [-0.2, 0) is 0 Å². The van der Waals surface area contributed by atoms with Gasteiger partial charge < -0.3 is 15.5 Å². The van der Waals surface area contributed by atoms with E-state index in [1.165, 1.54) is 0 Å². The monoisotopic (exact) mass is 269 g/mol. The van der Waals surface area contributed by atoms with E-state index in [2.05, 4.69) is 5.32 Å². The number of rotatable bonds is 6. The summed E-state index contributed by atoms with van der Waals surface area (Å²) in [6.45, 7) is 1.13. The molecule has 3 N–H and O–H groups in total. The van der Waals surface area contributed by atoms with Gasteiger partial charge in [0.2, 0.25) is 0 Å². The highest BCUT2D eigenvalue weighted by Crippen LogP contribution is 2.17. The van der Waals surface area contributed by atoms with Crippen LogP contribution in [0.1, 0.15) is 17.2 Å². The van der Waals surface area contributed by atoms with Gasteiger partial charge in [-0.15, -0.1) is 0 Å². The summed E-state index contributed by atoms with van der Waals surface area (Å²) in [7, 11) is 0. The molecule has 3 nitrogen and oxygen atoms in total. The summed E-state index contributed by atoms with van der Waals surface area (Å²) < 4.78 is 0. The van der Waals surface area contributed by atoms with E-state index in [0.29, 0.717) is 18.7 Å². The maximum absolute atomic E-state index is 9.96. The highest BCUT2D eigenvalue weighted by atomic mass is 16.3. The normalized spacial score (nSPS) is 12.7. The zero-order valence-corrected chi connectivity index (χ0v) is 11.2. The van der Waals surface area contributed by atoms with Crippen LogP contribution in [0.15, 0.2) is 60.7 Å². The standard InChI is InChI=1S/C17H19NO2/c19-16-10-4-9-15(12-16)17(20)13-18-11-5-8-14-6-2-1-3-7-14/h1-10,12,17-20H,11,13H2/b8-5+/t17-/m1/s1. The van der Waals surface area contributed by atoms with Crippen molar-refractivity contribution in [1.29, 1.82) is 0 Å². The van der Waals surface area contributed by atoms with Crippen LogP contribution in [0.25, 0.3) is 6.08 Å². The number of nitrogens with one attached hydrogen (secondary N) is 1. The third kappa shape index (κ3) is 4.53. The Bertz CT molecular complexity index is 552. The largest absolute Gasteiger partial charge is 0.508 e. The molecule has 104 valence electrons. The minimum absolute atomic E-state index is 0.172. The first-order valence-electron chi connectivity index (χ1n) is 6.65. The second-order valence-corrected chi connectivity index (χ2v) is 4.58. The van der Waals surface area contributed by atoms with E-state index < -0.39 is 6.10 Å². The number of phenols is 1. The molecule has 0 saturated carbocycles. The first-order chi connectivity index (χ1) is 9.75. The zero-order chi connectivity index (χ0) is 14.2. The molecule has 0 aromatic heterocycles. The molecule has 0 bridgehead atoms.